The first-order valence-electron chi connectivity index (χ1n) is 11.9. The first-order valence-corrected chi connectivity index (χ1v) is 12.7. The molecule has 1 N–H and O–H groups in total. The zero-order valence-electron chi connectivity index (χ0n) is 20.2. The fourth-order valence-electron chi connectivity index (χ4n) is 4.08. The van der Waals surface area contributed by atoms with E-state index in [-0.39, 0.29) is 12.2 Å². The maximum atomic E-state index is 13.7. The van der Waals surface area contributed by atoms with E-state index in [0.717, 1.165) is 15.6 Å². The van der Waals surface area contributed by atoms with Gasteiger partial charge in [0, 0.05) is 11.0 Å². The Morgan fingerprint density at radius 2 is 1.76 bits per heavy atom. The van der Waals surface area contributed by atoms with Gasteiger partial charge in [-0.25, -0.2) is 4.98 Å². The second-order valence-corrected chi connectivity index (χ2v) is 9.63. The molecule has 0 bridgehead atoms. The molecule has 9 nitrogen and oxygen atoms in total. The number of nitrogens with one attached hydrogen (secondary N) is 1. The summed E-state index contributed by atoms with van der Waals surface area (Å²) in [6.45, 7) is 0.954. The van der Waals surface area contributed by atoms with Crippen LogP contribution >= 0.6 is 15.9 Å². The zero-order valence-corrected chi connectivity index (χ0v) is 21.8. The summed E-state index contributed by atoms with van der Waals surface area (Å²) in [7, 11) is 0. The highest BCUT2D eigenvalue weighted by Gasteiger charge is 2.23. The van der Waals surface area contributed by atoms with Gasteiger partial charge in [-0.1, -0.05) is 52.3 Å². The number of amides is 1. The van der Waals surface area contributed by atoms with Gasteiger partial charge in [0.15, 0.2) is 11.5 Å². The van der Waals surface area contributed by atoms with E-state index >= 15 is 0 Å². The number of nitrogens with zero attached hydrogens (tertiary/aromatic N) is 6. The van der Waals surface area contributed by atoms with Crippen LogP contribution in [0.3, 0.4) is 0 Å². The maximum absolute atomic E-state index is 13.7. The van der Waals surface area contributed by atoms with Crippen molar-refractivity contribution in [2.75, 3.05) is 6.54 Å². The molecule has 3 aromatic carbocycles. The van der Waals surface area contributed by atoms with Crippen molar-refractivity contribution in [3.8, 4) is 6.07 Å². The number of rotatable bonds is 8. The average molecular weight is 568 g/mol. The number of carbonyl (C=O) groups is 1. The molecule has 2 heterocycles. The van der Waals surface area contributed by atoms with Crippen LogP contribution in [0.25, 0.3) is 11.0 Å². The number of aromatic amines is 1. The van der Waals surface area contributed by atoms with E-state index in [0.29, 0.717) is 41.9 Å². The molecule has 0 saturated carbocycles. The molecule has 0 saturated heterocycles. The summed E-state index contributed by atoms with van der Waals surface area (Å²) in [5.74, 6) is 0.0813. The molecular weight excluding hydrogens is 546 g/mol. The normalized spacial score (nSPS) is 10.8. The Morgan fingerprint density at radius 1 is 1.03 bits per heavy atom. The molecule has 10 heteroatoms. The number of benzene rings is 3. The number of para-hydroxylation sites is 2. The standard InChI is InChI=1S/C28H22BrN7O2/c29-22-11-9-19(10-12-22)13-14-35(28(38)26-27(37)33-24-4-2-1-3-23(24)32-26)17-25-34-31-18-36(25)16-21-7-5-20(15-30)6-8-21/h1-12,18H,13-14,16-17H2,(H,33,37). The van der Waals surface area contributed by atoms with Crippen LogP contribution in [0.4, 0.5) is 0 Å². The van der Waals surface area contributed by atoms with Crippen LogP contribution in [-0.2, 0) is 19.5 Å². The fourth-order valence-corrected chi connectivity index (χ4v) is 4.34. The number of H-pyrrole nitrogens is 1. The molecule has 0 fully saturated rings. The van der Waals surface area contributed by atoms with E-state index in [4.69, 9.17) is 5.26 Å². The Balaban J connectivity index is 1.43. The number of hydrogen-bond acceptors (Lipinski definition) is 6. The highest BCUT2D eigenvalue weighted by Crippen LogP contribution is 2.15. The van der Waals surface area contributed by atoms with Crippen molar-refractivity contribution in [3.63, 3.8) is 0 Å². The number of nitriles is 1. The van der Waals surface area contributed by atoms with Gasteiger partial charge in [0.05, 0.1) is 35.8 Å². The molecule has 0 aliphatic heterocycles. The minimum Gasteiger partial charge on any atom is -0.329 e. The molecule has 5 rings (SSSR count). The zero-order chi connectivity index (χ0) is 26.5. The van der Waals surface area contributed by atoms with E-state index in [1.54, 1.807) is 47.6 Å². The van der Waals surface area contributed by atoms with E-state index in [2.05, 4.69) is 42.2 Å². The van der Waals surface area contributed by atoms with Crippen LogP contribution in [0.1, 0.15) is 33.0 Å². The van der Waals surface area contributed by atoms with Gasteiger partial charge in [0.25, 0.3) is 11.5 Å². The van der Waals surface area contributed by atoms with Gasteiger partial charge in [-0.15, -0.1) is 10.2 Å². The van der Waals surface area contributed by atoms with Crippen molar-refractivity contribution >= 4 is 32.9 Å². The summed E-state index contributed by atoms with van der Waals surface area (Å²) in [5, 5.41) is 17.4. The fraction of sp³-hybridized carbons (Fsp3) is 0.143. The molecule has 0 aliphatic carbocycles. The lowest BCUT2D eigenvalue weighted by atomic mass is 10.1. The number of hydrogen-bond donors (Lipinski definition) is 1. The number of halogens is 1. The second-order valence-electron chi connectivity index (χ2n) is 8.72. The van der Waals surface area contributed by atoms with E-state index in [9.17, 15) is 9.59 Å². The molecule has 0 unspecified atom stereocenters. The van der Waals surface area contributed by atoms with Crippen molar-refractivity contribution in [2.24, 2.45) is 0 Å². The van der Waals surface area contributed by atoms with Gasteiger partial charge < -0.3 is 14.5 Å². The van der Waals surface area contributed by atoms with Crippen molar-refractivity contribution in [3.05, 3.63) is 122 Å². The van der Waals surface area contributed by atoms with Gasteiger partial charge in [-0.3, -0.25) is 9.59 Å². The van der Waals surface area contributed by atoms with E-state index in [1.165, 1.54) is 0 Å². The minimum atomic E-state index is -0.540. The van der Waals surface area contributed by atoms with Crippen LogP contribution in [0.2, 0.25) is 0 Å². The Kier molecular flexibility index (Phi) is 7.38. The van der Waals surface area contributed by atoms with E-state index in [1.807, 2.05) is 41.0 Å². The molecule has 1 amide bonds. The Hall–Kier alpha value is -4.62. The molecule has 0 spiro atoms. The predicted molar refractivity (Wildman–Crippen MR) is 145 cm³/mol. The molecule has 5 aromatic rings. The average Bonchev–Trinajstić information content (AvgIpc) is 3.37. The Morgan fingerprint density at radius 3 is 2.53 bits per heavy atom. The third-order valence-corrected chi connectivity index (χ3v) is 6.67. The van der Waals surface area contributed by atoms with Gasteiger partial charge >= 0.3 is 0 Å². The van der Waals surface area contributed by atoms with Gasteiger partial charge in [0.2, 0.25) is 0 Å². The summed E-state index contributed by atoms with van der Waals surface area (Å²) in [4.78, 5) is 35.2. The number of carbonyl (C=O) groups excluding carboxylic acids is 1. The summed E-state index contributed by atoms with van der Waals surface area (Å²) >= 11 is 3.45. The lowest BCUT2D eigenvalue weighted by Gasteiger charge is -2.22. The van der Waals surface area contributed by atoms with Crippen LogP contribution in [0.5, 0.6) is 0 Å². The molecule has 0 radical (unpaired) electrons. The summed E-state index contributed by atoms with van der Waals surface area (Å²) in [6.07, 6.45) is 2.18. The van der Waals surface area contributed by atoms with Gasteiger partial charge in [-0.05, 0) is 53.9 Å². The highest BCUT2D eigenvalue weighted by atomic mass is 79.9. The van der Waals surface area contributed by atoms with Crippen LogP contribution in [0, 0.1) is 11.3 Å². The lowest BCUT2D eigenvalue weighted by Crippen LogP contribution is -2.37. The van der Waals surface area contributed by atoms with Crippen LogP contribution in [-0.4, -0.2) is 42.1 Å². The van der Waals surface area contributed by atoms with Crippen LogP contribution in [0.15, 0.2) is 88.4 Å². The SMILES string of the molecule is N#Cc1ccc(Cn2cnnc2CN(CCc2ccc(Br)cc2)C(=O)c2nc3ccccc3[nH]c2=O)cc1. The monoisotopic (exact) mass is 567 g/mol. The van der Waals surface area contributed by atoms with Gasteiger partial charge in [-0.2, -0.15) is 5.26 Å². The van der Waals surface area contributed by atoms with Crippen LogP contribution < -0.4 is 5.56 Å². The first kappa shape index (κ1) is 25.0. The molecule has 188 valence electrons. The number of fused-ring (bicyclic) bond motifs is 1. The molecule has 2 aromatic heterocycles. The third-order valence-electron chi connectivity index (χ3n) is 6.14. The minimum absolute atomic E-state index is 0.138. The highest BCUT2D eigenvalue weighted by molar-refractivity contribution is 9.10. The first-order chi connectivity index (χ1) is 18.5. The smallest absolute Gasteiger partial charge is 0.280 e. The molecule has 0 atom stereocenters. The molecule has 38 heavy (non-hydrogen) atoms. The second kappa shape index (κ2) is 11.2. The third kappa shape index (κ3) is 5.68. The molecule has 0 aliphatic rings. The van der Waals surface area contributed by atoms with Gasteiger partial charge in [0.1, 0.15) is 6.33 Å². The predicted octanol–water partition coefficient (Wildman–Crippen LogP) is 4.08. The van der Waals surface area contributed by atoms with Crippen molar-refractivity contribution in [1.82, 2.24) is 29.6 Å². The largest absolute Gasteiger partial charge is 0.329 e. The Labute approximate surface area is 226 Å². The summed E-state index contributed by atoms with van der Waals surface area (Å²) in [5.41, 5.74) is 2.98. The summed E-state index contributed by atoms with van der Waals surface area (Å²) in [6, 6.07) is 24.3. The lowest BCUT2D eigenvalue weighted by molar-refractivity contribution is 0.0731. The van der Waals surface area contributed by atoms with Crippen molar-refractivity contribution in [1.29, 1.82) is 5.26 Å². The number of aromatic nitrogens is 5. The van der Waals surface area contributed by atoms with E-state index < -0.39 is 11.5 Å². The van der Waals surface area contributed by atoms with Crippen molar-refractivity contribution in [2.45, 2.75) is 19.5 Å². The summed E-state index contributed by atoms with van der Waals surface area (Å²) < 4.78 is 2.82. The van der Waals surface area contributed by atoms with Crippen molar-refractivity contribution < 1.29 is 4.79 Å². The molecular formula is C28H22BrN7O2. The quantitative estimate of drug-likeness (QED) is 0.301. The maximum Gasteiger partial charge on any atom is 0.280 e. The Bertz CT molecular complexity index is 1690. The topological polar surface area (TPSA) is 121 Å².